The van der Waals surface area contributed by atoms with Crippen molar-refractivity contribution >= 4 is 40.7 Å². The minimum Gasteiger partial charge on any atom is -0.351 e. The minimum absolute atomic E-state index is 0.00318. The van der Waals surface area contributed by atoms with Crippen molar-refractivity contribution in [1.82, 2.24) is 5.43 Å². The molecule has 9 nitrogen and oxygen atoms in total. The zero-order valence-corrected chi connectivity index (χ0v) is 14.5. The Bertz CT molecular complexity index is 923. The van der Waals surface area contributed by atoms with Crippen LogP contribution in [-0.2, 0) is 9.59 Å². The van der Waals surface area contributed by atoms with E-state index in [0.29, 0.717) is 17.1 Å². The van der Waals surface area contributed by atoms with E-state index in [1.807, 2.05) is 19.1 Å². The van der Waals surface area contributed by atoms with Crippen molar-refractivity contribution in [2.24, 2.45) is 10.7 Å². The number of aliphatic imine (C=N–C) groups is 1. The van der Waals surface area contributed by atoms with E-state index >= 15 is 0 Å². The summed E-state index contributed by atoms with van der Waals surface area (Å²) in [4.78, 5) is 39.5. The Morgan fingerprint density at radius 1 is 1.11 bits per heavy atom. The predicted molar refractivity (Wildman–Crippen MR) is 102 cm³/mol. The van der Waals surface area contributed by atoms with Gasteiger partial charge in [-0.25, -0.2) is 9.80 Å². The molecule has 138 valence electrons. The molecule has 0 aliphatic carbocycles. The van der Waals surface area contributed by atoms with Crippen molar-refractivity contribution in [3.63, 3.8) is 0 Å². The maximum absolute atomic E-state index is 12.5. The fourth-order valence-corrected chi connectivity index (χ4v) is 2.45. The van der Waals surface area contributed by atoms with E-state index in [-0.39, 0.29) is 18.3 Å². The number of carbonyl (C=O) groups excluding carboxylic acids is 3. The molecular weight excluding hydrogens is 348 g/mol. The third kappa shape index (κ3) is 4.40. The number of carbonyl (C=O) groups is 3. The van der Waals surface area contributed by atoms with Crippen LogP contribution in [0.5, 0.6) is 0 Å². The highest BCUT2D eigenvalue weighted by Crippen LogP contribution is 2.17. The van der Waals surface area contributed by atoms with Crippen LogP contribution in [0.2, 0.25) is 0 Å². The number of primary amides is 1. The lowest BCUT2D eigenvalue weighted by Crippen LogP contribution is -2.54. The van der Waals surface area contributed by atoms with Crippen molar-refractivity contribution in [3.05, 3.63) is 54.1 Å². The molecule has 5 N–H and O–H groups in total. The topological polar surface area (TPSA) is 129 Å². The Morgan fingerprint density at radius 2 is 1.78 bits per heavy atom. The van der Waals surface area contributed by atoms with Crippen LogP contribution < -0.4 is 26.8 Å². The number of amides is 4. The van der Waals surface area contributed by atoms with Gasteiger partial charge in [0.05, 0.1) is 5.69 Å². The molecule has 0 fully saturated rings. The van der Waals surface area contributed by atoms with Crippen molar-refractivity contribution in [2.45, 2.75) is 6.92 Å². The Balaban J connectivity index is 1.72. The third-order valence-electron chi connectivity index (χ3n) is 3.73. The second kappa shape index (κ2) is 7.56. The number of rotatable bonds is 4. The van der Waals surface area contributed by atoms with Crippen LogP contribution in [0.1, 0.15) is 5.56 Å². The van der Waals surface area contributed by atoms with Gasteiger partial charge in [0.2, 0.25) is 5.84 Å². The van der Waals surface area contributed by atoms with E-state index in [1.165, 1.54) is 5.01 Å². The zero-order valence-electron chi connectivity index (χ0n) is 14.5. The normalized spacial score (nSPS) is 13.4. The van der Waals surface area contributed by atoms with Gasteiger partial charge in [-0.1, -0.05) is 23.8 Å². The lowest BCUT2D eigenvalue weighted by Gasteiger charge is -2.27. The van der Waals surface area contributed by atoms with Crippen LogP contribution in [0, 0.1) is 6.92 Å². The quantitative estimate of drug-likeness (QED) is 0.651. The molecule has 2 aromatic rings. The molecule has 1 aliphatic heterocycles. The van der Waals surface area contributed by atoms with E-state index in [9.17, 15) is 14.4 Å². The summed E-state index contributed by atoms with van der Waals surface area (Å²) in [6, 6.07) is 13.1. The standard InChI is InChI=1S/C18H18N6O3/c1-11-5-7-14(8-6-11)24-15(25)10-20-16(23-24)17(26)21-12-3-2-4-13(9-12)22-18(19)27/h2-9H,10H2,1H3,(H,20,23)(H,21,26)(H3,19,22,27). The van der Waals surface area contributed by atoms with Gasteiger partial charge in [0, 0.05) is 11.4 Å². The minimum atomic E-state index is -0.705. The van der Waals surface area contributed by atoms with Crippen LogP contribution in [0.25, 0.3) is 0 Å². The van der Waals surface area contributed by atoms with Gasteiger partial charge in [0.25, 0.3) is 11.8 Å². The van der Waals surface area contributed by atoms with E-state index in [1.54, 1.807) is 36.4 Å². The van der Waals surface area contributed by atoms with Crippen molar-refractivity contribution < 1.29 is 14.4 Å². The monoisotopic (exact) mass is 366 g/mol. The molecule has 0 saturated carbocycles. The van der Waals surface area contributed by atoms with Crippen LogP contribution in [0.3, 0.4) is 0 Å². The number of nitrogens with zero attached hydrogens (tertiary/aromatic N) is 2. The summed E-state index contributed by atoms with van der Waals surface area (Å²) in [5.74, 6) is -0.790. The van der Waals surface area contributed by atoms with E-state index < -0.39 is 11.9 Å². The average molecular weight is 366 g/mol. The van der Waals surface area contributed by atoms with E-state index in [4.69, 9.17) is 5.73 Å². The van der Waals surface area contributed by atoms with Crippen molar-refractivity contribution in [3.8, 4) is 0 Å². The van der Waals surface area contributed by atoms with Gasteiger partial charge in [-0.05, 0) is 37.3 Å². The summed E-state index contributed by atoms with van der Waals surface area (Å²) in [5.41, 5.74) is 10.4. The Morgan fingerprint density at radius 3 is 2.44 bits per heavy atom. The smallest absolute Gasteiger partial charge is 0.316 e. The highest BCUT2D eigenvalue weighted by molar-refractivity contribution is 6.43. The first kappa shape index (κ1) is 17.9. The molecule has 1 heterocycles. The number of anilines is 3. The number of urea groups is 1. The predicted octanol–water partition coefficient (Wildman–Crippen LogP) is 1.37. The van der Waals surface area contributed by atoms with Crippen LogP contribution in [0.15, 0.2) is 53.5 Å². The van der Waals surface area contributed by atoms with Crippen LogP contribution >= 0.6 is 0 Å². The SMILES string of the molecule is Cc1ccc(N2NC(C(=O)Nc3cccc(NC(N)=O)c3)=NCC2=O)cc1. The molecule has 9 heteroatoms. The number of benzene rings is 2. The Kier molecular flexibility index (Phi) is 5.02. The summed E-state index contributed by atoms with van der Waals surface area (Å²) in [7, 11) is 0. The second-order valence-corrected chi connectivity index (χ2v) is 5.87. The van der Waals surface area contributed by atoms with Crippen molar-refractivity contribution in [2.75, 3.05) is 22.2 Å². The van der Waals surface area contributed by atoms with Gasteiger partial charge in [-0.2, -0.15) is 0 Å². The van der Waals surface area contributed by atoms with Gasteiger partial charge in [-0.15, -0.1) is 0 Å². The molecule has 3 rings (SSSR count). The Hall–Kier alpha value is -3.88. The van der Waals surface area contributed by atoms with Crippen LogP contribution in [0.4, 0.5) is 21.9 Å². The first-order chi connectivity index (χ1) is 12.9. The largest absolute Gasteiger partial charge is 0.351 e. The number of amidine groups is 1. The molecule has 0 bridgehead atoms. The molecule has 0 unspecified atom stereocenters. The summed E-state index contributed by atoms with van der Waals surface area (Å²) in [5, 5.41) is 6.37. The molecule has 27 heavy (non-hydrogen) atoms. The number of hydrogen-bond acceptors (Lipinski definition) is 5. The first-order valence-electron chi connectivity index (χ1n) is 8.11. The second-order valence-electron chi connectivity index (χ2n) is 5.87. The van der Waals surface area contributed by atoms with Gasteiger partial charge in [0.15, 0.2) is 0 Å². The van der Waals surface area contributed by atoms with Gasteiger partial charge >= 0.3 is 6.03 Å². The van der Waals surface area contributed by atoms with E-state index in [0.717, 1.165) is 5.56 Å². The van der Waals surface area contributed by atoms with Crippen LogP contribution in [-0.4, -0.2) is 30.2 Å². The number of hydrogen-bond donors (Lipinski definition) is 4. The van der Waals surface area contributed by atoms with E-state index in [2.05, 4.69) is 21.1 Å². The summed E-state index contributed by atoms with van der Waals surface area (Å²) in [6.07, 6.45) is 0. The molecule has 2 aromatic carbocycles. The number of aryl methyl sites for hydroxylation is 1. The fourth-order valence-electron chi connectivity index (χ4n) is 2.45. The van der Waals surface area contributed by atoms with Gasteiger partial charge in [-0.3, -0.25) is 20.0 Å². The Labute approximate surface area is 155 Å². The lowest BCUT2D eigenvalue weighted by molar-refractivity contribution is -0.118. The molecule has 0 aromatic heterocycles. The van der Waals surface area contributed by atoms with Gasteiger partial charge in [0.1, 0.15) is 6.54 Å². The average Bonchev–Trinajstić information content (AvgIpc) is 2.62. The molecule has 0 spiro atoms. The number of nitrogens with two attached hydrogens (primary N) is 1. The highest BCUT2D eigenvalue weighted by Gasteiger charge is 2.25. The zero-order chi connectivity index (χ0) is 19.4. The molecule has 1 aliphatic rings. The van der Waals surface area contributed by atoms with Crippen molar-refractivity contribution in [1.29, 1.82) is 0 Å². The molecular formula is C18H18N6O3. The maximum Gasteiger partial charge on any atom is 0.316 e. The summed E-state index contributed by atoms with van der Waals surface area (Å²) >= 11 is 0. The molecule has 0 radical (unpaired) electrons. The van der Waals surface area contributed by atoms with Gasteiger partial charge < -0.3 is 16.4 Å². The number of nitrogens with one attached hydrogen (secondary N) is 3. The maximum atomic E-state index is 12.5. The first-order valence-corrected chi connectivity index (χ1v) is 8.11. The summed E-state index contributed by atoms with van der Waals surface area (Å²) in [6.45, 7) is 1.80. The molecule has 4 amide bonds. The fraction of sp³-hybridized carbons (Fsp3) is 0.111. The lowest BCUT2D eigenvalue weighted by atomic mass is 10.2. The summed E-state index contributed by atoms with van der Waals surface area (Å²) < 4.78 is 0. The number of hydrazine groups is 1. The highest BCUT2D eigenvalue weighted by atomic mass is 16.2. The molecule has 0 saturated heterocycles. The molecule has 0 atom stereocenters. The third-order valence-corrected chi connectivity index (χ3v) is 3.73.